The van der Waals surface area contributed by atoms with Crippen LogP contribution in [0.4, 0.5) is 0 Å². The van der Waals surface area contributed by atoms with Crippen molar-refractivity contribution in [1.29, 1.82) is 0 Å². The predicted octanol–water partition coefficient (Wildman–Crippen LogP) is 5.08. The van der Waals surface area contributed by atoms with Gasteiger partial charge >= 0.3 is 11.9 Å². The molecule has 1 heterocycles. The second-order valence-electron chi connectivity index (χ2n) is 6.43. The lowest BCUT2D eigenvalue weighted by molar-refractivity contribution is -0.137. The lowest BCUT2D eigenvalue weighted by Gasteiger charge is -2.08. The van der Waals surface area contributed by atoms with Gasteiger partial charge in [-0.3, -0.25) is 4.98 Å². The first-order valence-corrected chi connectivity index (χ1v) is 9.63. The van der Waals surface area contributed by atoms with Gasteiger partial charge in [0.25, 0.3) is 0 Å². The Labute approximate surface area is 180 Å². The van der Waals surface area contributed by atoms with Gasteiger partial charge in [-0.05, 0) is 66.1 Å². The van der Waals surface area contributed by atoms with Crippen LogP contribution in [0, 0.1) is 0 Å². The SMILES string of the molecule is CCOC(=O)/C=C/c1ccc(Oc2ccc(/C(=C\c3cccnc3)C(=O)O)cc2)cc1. The van der Waals surface area contributed by atoms with Gasteiger partial charge < -0.3 is 14.6 Å². The molecule has 0 atom stereocenters. The van der Waals surface area contributed by atoms with Gasteiger partial charge in [-0.25, -0.2) is 9.59 Å². The third-order valence-corrected chi connectivity index (χ3v) is 4.21. The molecule has 0 aliphatic carbocycles. The monoisotopic (exact) mass is 415 g/mol. The number of benzene rings is 2. The van der Waals surface area contributed by atoms with E-state index < -0.39 is 5.97 Å². The molecule has 3 aromatic rings. The molecule has 0 unspecified atom stereocenters. The Morgan fingerprint density at radius 2 is 1.65 bits per heavy atom. The normalized spacial score (nSPS) is 11.3. The highest BCUT2D eigenvalue weighted by Crippen LogP contribution is 2.25. The number of carbonyl (C=O) groups is 2. The van der Waals surface area contributed by atoms with Crippen molar-refractivity contribution in [3.63, 3.8) is 0 Å². The molecule has 6 heteroatoms. The molecular weight excluding hydrogens is 394 g/mol. The molecule has 0 saturated carbocycles. The third-order valence-electron chi connectivity index (χ3n) is 4.21. The summed E-state index contributed by atoms with van der Waals surface area (Å²) in [5, 5.41) is 9.57. The van der Waals surface area contributed by atoms with Crippen molar-refractivity contribution >= 4 is 29.7 Å². The Morgan fingerprint density at radius 1 is 0.968 bits per heavy atom. The number of pyridine rings is 1. The molecule has 0 bridgehead atoms. The zero-order valence-corrected chi connectivity index (χ0v) is 16.9. The summed E-state index contributed by atoms with van der Waals surface area (Å²) in [6.45, 7) is 2.09. The van der Waals surface area contributed by atoms with Crippen molar-refractivity contribution in [1.82, 2.24) is 4.98 Å². The van der Waals surface area contributed by atoms with Crippen LogP contribution in [0.5, 0.6) is 11.5 Å². The molecule has 156 valence electrons. The first kappa shape index (κ1) is 21.5. The first-order chi connectivity index (χ1) is 15.0. The summed E-state index contributed by atoms with van der Waals surface area (Å²) in [7, 11) is 0. The molecule has 31 heavy (non-hydrogen) atoms. The lowest BCUT2D eigenvalue weighted by atomic mass is 10.0. The van der Waals surface area contributed by atoms with Gasteiger partial charge in [-0.2, -0.15) is 0 Å². The van der Waals surface area contributed by atoms with Crippen LogP contribution in [0.2, 0.25) is 0 Å². The van der Waals surface area contributed by atoms with E-state index in [0.29, 0.717) is 29.2 Å². The zero-order valence-electron chi connectivity index (χ0n) is 16.9. The van der Waals surface area contributed by atoms with Gasteiger partial charge in [-0.15, -0.1) is 0 Å². The minimum Gasteiger partial charge on any atom is -0.478 e. The van der Waals surface area contributed by atoms with E-state index in [1.54, 1.807) is 80.0 Å². The van der Waals surface area contributed by atoms with Crippen LogP contribution >= 0.6 is 0 Å². The number of carboxylic acid groups (broad SMARTS) is 1. The van der Waals surface area contributed by atoms with Crippen LogP contribution in [0.15, 0.2) is 79.1 Å². The fourth-order valence-electron chi connectivity index (χ4n) is 2.74. The molecule has 0 spiro atoms. The van der Waals surface area contributed by atoms with E-state index in [9.17, 15) is 14.7 Å². The largest absolute Gasteiger partial charge is 0.478 e. The molecule has 0 aliphatic rings. The van der Waals surface area contributed by atoms with Gasteiger partial charge in [0.1, 0.15) is 11.5 Å². The van der Waals surface area contributed by atoms with Gasteiger partial charge in [0, 0.05) is 18.5 Å². The van der Waals surface area contributed by atoms with Crippen LogP contribution < -0.4 is 4.74 Å². The topological polar surface area (TPSA) is 85.7 Å². The van der Waals surface area contributed by atoms with Crippen LogP contribution in [0.1, 0.15) is 23.6 Å². The fraction of sp³-hybridized carbons (Fsp3) is 0.0800. The maximum absolute atomic E-state index is 11.7. The maximum atomic E-state index is 11.7. The Kier molecular flexibility index (Phi) is 7.32. The van der Waals surface area contributed by atoms with E-state index in [0.717, 1.165) is 5.56 Å². The summed E-state index contributed by atoms with van der Waals surface area (Å²) < 4.78 is 10.7. The molecule has 3 rings (SSSR count). The number of hydrogen-bond donors (Lipinski definition) is 1. The van der Waals surface area contributed by atoms with Gasteiger partial charge in [0.05, 0.1) is 12.2 Å². The van der Waals surface area contributed by atoms with E-state index in [-0.39, 0.29) is 11.5 Å². The molecule has 0 aliphatic heterocycles. The van der Waals surface area contributed by atoms with E-state index in [2.05, 4.69) is 4.98 Å². The van der Waals surface area contributed by atoms with E-state index in [1.165, 1.54) is 6.08 Å². The summed E-state index contributed by atoms with van der Waals surface area (Å²) in [6, 6.07) is 17.6. The Balaban J connectivity index is 1.69. The number of aromatic nitrogens is 1. The minimum absolute atomic E-state index is 0.164. The molecule has 0 radical (unpaired) electrons. The second-order valence-corrected chi connectivity index (χ2v) is 6.43. The lowest BCUT2D eigenvalue weighted by Crippen LogP contribution is -1.99. The van der Waals surface area contributed by atoms with Crippen molar-refractivity contribution in [2.75, 3.05) is 6.61 Å². The number of nitrogens with zero attached hydrogens (tertiary/aromatic N) is 1. The van der Waals surface area contributed by atoms with Crippen LogP contribution in [-0.2, 0) is 14.3 Å². The number of carboxylic acids is 1. The van der Waals surface area contributed by atoms with E-state index in [4.69, 9.17) is 9.47 Å². The van der Waals surface area contributed by atoms with E-state index in [1.807, 2.05) is 12.1 Å². The highest BCUT2D eigenvalue weighted by atomic mass is 16.5. The molecule has 0 fully saturated rings. The number of esters is 1. The number of ether oxygens (including phenoxy) is 2. The average molecular weight is 415 g/mol. The highest BCUT2D eigenvalue weighted by Gasteiger charge is 2.11. The molecular formula is C25H21NO5. The van der Waals surface area contributed by atoms with Crippen molar-refractivity contribution in [3.8, 4) is 11.5 Å². The first-order valence-electron chi connectivity index (χ1n) is 9.63. The van der Waals surface area contributed by atoms with Crippen molar-refractivity contribution in [3.05, 3.63) is 95.8 Å². The summed E-state index contributed by atoms with van der Waals surface area (Å²) in [4.78, 5) is 27.1. The Hall–Kier alpha value is -4.19. The molecule has 0 saturated heterocycles. The summed E-state index contributed by atoms with van der Waals surface area (Å²) in [5.41, 5.74) is 2.26. The smallest absolute Gasteiger partial charge is 0.336 e. The second kappa shape index (κ2) is 10.5. The third kappa shape index (κ3) is 6.40. The Bertz CT molecular complexity index is 1090. The molecule has 0 amide bonds. The van der Waals surface area contributed by atoms with Crippen molar-refractivity contribution < 1.29 is 24.2 Å². The van der Waals surface area contributed by atoms with Gasteiger partial charge in [0.2, 0.25) is 0 Å². The summed E-state index contributed by atoms with van der Waals surface area (Å²) >= 11 is 0. The van der Waals surface area contributed by atoms with Crippen LogP contribution in [0.25, 0.3) is 17.7 Å². The molecule has 6 nitrogen and oxygen atoms in total. The number of carbonyl (C=O) groups excluding carboxylic acids is 1. The van der Waals surface area contributed by atoms with Gasteiger partial charge in [-0.1, -0.05) is 30.3 Å². The van der Waals surface area contributed by atoms with Crippen LogP contribution in [0.3, 0.4) is 0 Å². The molecule has 2 aromatic carbocycles. The zero-order chi connectivity index (χ0) is 22.1. The molecule has 1 N–H and O–H groups in total. The number of aliphatic carboxylic acids is 1. The van der Waals surface area contributed by atoms with Crippen molar-refractivity contribution in [2.24, 2.45) is 0 Å². The summed E-state index contributed by atoms with van der Waals surface area (Å²) in [5.74, 6) is -0.222. The standard InChI is InChI=1S/C25H21NO5/c1-2-30-24(27)14-7-18-5-10-21(11-6-18)31-22-12-8-20(9-13-22)23(25(28)29)16-19-4-3-15-26-17-19/h3-17H,2H2,1H3,(H,28,29)/b14-7+,23-16+. The van der Waals surface area contributed by atoms with Crippen LogP contribution in [-0.4, -0.2) is 28.6 Å². The minimum atomic E-state index is -1.02. The highest BCUT2D eigenvalue weighted by molar-refractivity contribution is 6.20. The Morgan fingerprint density at radius 3 is 2.23 bits per heavy atom. The quantitative estimate of drug-likeness (QED) is 0.408. The average Bonchev–Trinajstić information content (AvgIpc) is 2.78. The van der Waals surface area contributed by atoms with Crippen molar-refractivity contribution in [2.45, 2.75) is 6.92 Å². The maximum Gasteiger partial charge on any atom is 0.336 e. The predicted molar refractivity (Wildman–Crippen MR) is 118 cm³/mol. The van der Waals surface area contributed by atoms with E-state index >= 15 is 0 Å². The molecule has 1 aromatic heterocycles. The van der Waals surface area contributed by atoms with Gasteiger partial charge in [0.15, 0.2) is 0 Å². The number of rotatable bonds is 8. The number of hydrogen-bond acceptors (Lipinski definition) is 5. The summed E-state index contributed by atoms with van der Waals surface area (Å²) in [6.07, 6.45) is 7.85. The fourth-order valence-corrected chi connectivity index (χ4v) is 2.74.